The van der Waals surface area contributed by atoms with Gasteiger partial charge >= 0.3 is 0 Å². The summed E-state index contributed by atoms with van der Waals surface area (Å²) in [6, 6.07) is 11.8. The average molecular weight is 425 g/mol. The Labute approximate surface area is 186 Å². The van der Waals surface area contributed by atoms with Gasteiger partial charge in [0.2, 0.25) is 5.91 Å². The Morgan fingerprint density at radius 3 is 2.43 bits per heavy atom. The third kappa shape index (κ3) is 4.97. The summed E-state index contributed by atoms with van der Waals surface area (Å²) in [5, 5.41) is 2.20. The second-order valence-electron chi connectivity index (χ2n) is 9.46. The first kappa shape index (κ1) is 21.6. The Morgan fingerprint density at radius 1 is 1.07 bits per heavy atom. The van der Waals surface area contributed by atoms with E-state index in [-0.39, 0.29) is 5.91 Å². The molecular formula is C26H36N2OS. The molecule has 30 heavy (non-hydrogen) atoms. The summed E-state index contributed by atoms with van der Waals surface area (Å²) < 4.78 is 0. The van der Waals surface area contributed by atoms with Crippen molar-refractivity contribution < 1.29 is 4.79 Å². The zero-order valence-corrected chi connectivity index (χ0v) is 19.6. The van der Waals surface area contributed by atoms with Gasteiger partial charge in [0.25, 0.3) is 0 Å². The first-order valence-electron chi connectivity index (χ1n) is 11.6. The number of nitrogens with zero attached hydrogens (tertiary/aromatic N) is 2. The van der Waals surface area contributed by atoms with Crippen LogP contribution in [-0.2, 0) is 11.3 Å². The molecular weight excluding hydrogens is 388 g/mol. The molecule has 1 aromatic heterocycles. The van der Waals surface area contributed by atoms with Crippen molar-refractivity contribution in [3.05, 3.63) is 57.3 Å². The van der Waals surface area contributed by atoms with E-state index in [0.29, 0.717) is 17.9 Å². The van der Waals surface area contributed by atoms with Gasteiger partial charge in [-0.3, -0.25) is 9.69 Å². The number of carbonyl (C=O) groups is 1. The monoisotopic (exact) mass is 424 g/mol. The van der Waals surface area contributed by atoms with Crippen molar-refractivity contribution in [3.63, 3.8) is 0 Å². The van der Waals surface area contributed by atoms with Gasteiger partial charge < -0.3 is 4.90 Å². The minimum atomic E-state index is 0.261. The van der Waals surface area contributed by atoms with Crippen LogP contribution in [-0.4, -0.2) is 41.4 Å². The SMILES string of the molecule is CC(=O)N(C[C@@H]1CN(Cc2sccc2C)C[C@H]1c1ccc(C)cc1)C1CCCCC1. The van der Waals surface area contributed by atoms with Crippen LogP contribution in [0.15, 0.2) is 35.7 Å². The van der Waals surface area contributed by atoms with Crippen molar-refractivity contribution in [2.45, 2.75) is 71.4 Å². The molecule has 4 rings (SSSR count). The quantitative estimate of drug-likeness (QED) is 0.588. The maximum Gasteiger partial charge on any atom is 0.219 e. The fourth-order valence-corrected chi connectivity index (χ4v) is 6.36. The average Bonchev–Trinajstić information content (AvgIpc) is 3.33. The number of rotatable bonds is 6. The Morgan fingerprint density at radius 2 is 1.80 bits per heavy atom. The summed E-state index contributed by atoms with van der Waals surface area (Å²) in [6.45, 7) is 10.2. The molecule has 2 atom stereocenters. The highest BCUT2D eigenvalue weighted by Crippen LogP contribution is 2.36. The molecule has 1 saturated carbocycles. The molecule has 2 fully saturated rings. The van der Waals surface area contributed by atoms with Gasteiger partial charge in [-0.25, -0.2) is 0 Å². The Hall–Kier alpha value is -1.65. The summed E-state index contributed by atoms with van der Waals surface area (Å²) in [5.41, 5.74) is 4.15. The molecule has 0 spiro atoms. The number of hydrogen-bond donors (Lipinski definition) is 0. The lowest BCUT2D eigenvalue weighted by Crippen LogP contribution is -2.44. The number of thiophene rings is 1. The smallest absolute Gasteiger partial charge is 0.219 e. The summed E-state index contributed by atoms with van der Waals surface area (Å²) in [4.78, 5) is 18.9. The van der Waals surface area contributed by atoms with Gasteiger partial charge in [0.15, 0.2) is 0 Å². The molecule has 1 aliphatic heterocycles. The van der Waals surface area contributed by atoms with E-state index in [1.807, 2.05) is 11.3 Å². The van der Waals surface area contributed by atoms with Crippen molar-refractivity contribution in [1.82, 2.24) is 9.80 Å². The second-order valence-corrected chi connectivity index (χ2v) is 10.5. The third-order valence-corrected chi connectivity index (χ3v) is 8.22. The minimum Gasteiger partial charge on any atom is -0.340 e. The first-order valence-corrected chi connectivity index (χ1v) is 12.5. The maximum absolute atomic E-state index is 12.6. The van der Waals surface area contributed by atoms with Gasteiger partial charge in [-0.1, -0.05) is 49.1 Å². The van der Waals surface area contributed by atoms with E-state index in [4.69, 9.17) is 0 Å². The zero-order chi connectivity index (χ0) is 21.1. The fourth-order valence-electron chi connectivity index (χ4n) is 5.42. The molecule has 4 heteroatoms. The predicted molar refractivity (Wildman–Crippen MR) is 126 cm³/mol. The number of likely N-dealkylation sites (tertiary alicyclic amines) is 1. The zero-order valence-electron chi connectivity index (χ0n) is 18.8. The Kier molecular flexibility index (Phi) is 6.94. The highest BCUT2D eigenvalue weighted by Gasteiger charge is 2.37. The van der Waals surface area contributed by atoms with E-state index in [0.717, 1.165) is 26.2 Å². The van der Waals surface area contributed by atoms with E-state index in [1.165, 1.54) is 53.7 Å². The summed E-state index contributed by atoms with van der Waals surface area (Å²) in [5.74, 6) is 1.26. The van der Waals surface area contributed by atoms with Gasteiger partial charge in [-0.2, -0.15) is 0 Å². The van der Waals surface area contributed by atoms with Crippen molar-refractivity contribution >= 4 is 17.2 Å². The van der Waals surface area contributed by atoms with Crippen LogP contribution in [0.2, 0.25) is 0 Å². The highest BCUT2D eigenvalue weighted by molar-refractivity contribution is 7.10. The Bertz CT molecular complexity index is 837. The summed E-state index contributed by atoms with van der Waals surface area (Å²) in [7, 11) is 0. The number of amides is 1. The van der Waals surface area contributed by atoms with E-state index < -0.39 is 0 Å². The number of hydrogen-bond acceptors (Lipinski definition) is 3. The normalized spacial score (nSPS) is 23.0. The van der Waals surface area contributed by atoms with Crippen LogP contribution >= 0.6 is 11.3 Å². The molecule has 1 saturated heterocycles. The van der Waals surface area contributed by atoms with E-state index in [9.17, 15) is 4.79 Å². The molecule has 2 aliphatic rings. The standard InChI is InChI=1S/C26H36N2OS/c1-19-9-11-22(12-10-19)25-17-27(18-26-20(2)13-14-30-26)15-23(25)16-28(21(3)29)24-7-5-4-6-8-24/h9-14,23-25H,4-8,15-18H2,1-3H3/t23-,25-/m0/s1. The van der Waals surface area contributed by atoms with Crippen molar-refractivity contribution in [3.8, 4) is 0 Å². The highest BCUT2D eigenvalue weighted by atomic mass is 32.1. The van der Waals surface area contributed by atoms with Crippen LogP contribution < -0.4 is 0 Å². The topological polar surface area (TPSA) is 23.6 Å². The van der Waals surface area contributed by atoms with Gasteiger partial charge in [0, 0.05) is 49.9 Å². The molecule has 162 valence electrons. The second kappa shape index (κ2) is 9.65. The minimum absolute atomic E-state index is 0.261. The largest absolute Gasteiger partial charge is 0.340 e. The van der Waals surface area contributed by atoms with E-state index in [2.05, 4.69) is 59.4 Å². The van der Waals surface area contributed by atoms with Gasteiger partial charge in [0.1, 0.15) is 0 Å². The molecule has 0 radical (unpaired) electrons. The molecule has 1 amide bonds. The van der Waals surface area contributed by atoms with Crippen LogP contribution in [0.4, 0.5) is 0 Å². The molecule has 2 heterocycles. The lowest BCUT2D eigenvalue weighted by atomic mass is 9.87. The van der Waals surface area contributed by atoms with Gasteiger partial charge in [0.05, 0.1) is 0 Å². The van der Waals surface area contributed by atoms with Crippen molar-refractivity contribution in [1.29, 1.82) is 0 Å². The lowest BCUT2D eigenvalue weighted by Gasteiger charge is -2.36. The Balaban J connectivity index is 1.54. The van der Waals surface area contributed by atoms with Crippen LogP contribution in [0, 0.1) is 19.8 Å². The van der Waals surface area contributed by atoms with E-state index >= 15 is 0 Å². The van der Waals surface area contributed by atoms with Crippen molar-refractivity contribution in [2.24, 2.45) is 5.92 Å². The number of carbonyl (C=O) groups excluding carboxylic acids is 1. The maximum atomic E-state index is 12.6. The van der Waals surface area contributed by atoms with Gasteiger partial charge in [-0.05, 0) is 55.2 Å². The lowest BCUT2D eigenvalue weighted by molar-refractivity contribution is -0.132. The number of aryl methyl sites for hydroxylation is 2. The van der Waals surface area contributed by atoms with Gasteiger partial charge in [-0.15, -0.1) is 11.3 Å². The molecule has 0 unspecified atom stereocenters. The molecule has 1 aromatic carbocycles. The number of benzene rings is 1. The summed E-state index contributed by atoms with van der Waals surface area (Å²) in [6.07, 6.45) is 6.22. The van der Waals surface area contributed by atoms with Crippen LogP contribution in [0.1, 0.15) is 66.5 Å². The molecule has 0 N–H and O–H groups in total. The summed E-state index contributed by atoms with van der Waals surface area (Å²) >= 11 is 1.87. The first-order chi connectivity index (χ1) is 14.5. The van der Waals surface area contributed by atoms with Crippen LogP contribution in [0.25, 0.3) is 0 Å². The fraction of sp³-hybridized carbons (Fsp3) is 0.577. The van der Waals surface area contributed by atoms with Crippen LogP contribution in [0.5, 0.6) is 0 Å². The molecule has 0 bridgehead atoms. The van der Waals surface area contributed by atoms with E-state index in [1.54, 1.807) is 6.92 Å². The van der Waals surface area contributed by atoms with Crippen LogP contribution in [0.3, 0.4) is 0 Å². The molecule has 2 aromatic rings. The van der Waals surface area contributed by atoms with Crippen molar-refractivity contribution in [2.75, 3.05) is 19.6 Å². The molecule has 1 aliphatic carbocycles. The predicted octanol–water partition coefficient (Wildman–Crippen LogP) is 5.76. The molecule has 3 nitrogen and oxygen atoms in total. The third-order valence-electron chi connectivity index (χ3n) is 7.21.